The van der Waals surface area contributed by atoms with Gasteiger partial charge in [0.2, 0.25) is 10.0 Å². The first-order chi connectivity index (χ1) is 13.4. The molecule has 0 aromatic heterocycles. The number of nitrogens with zero attached hydrogens (tertiary/aromatic N) is 1. The second-order valence-electron chi connectivity index (χ2n) is 7.05. The fraction of sp³-hybridized carbons (Fsp3) is 0.429. The molecule has 152 valence electrons. The Morgan fingerprint density at radius 2 is 1.64 bits per heavy atom. The lowest BCUT2D eigenvalue weighted by Gasteiger charge is -2.26. The number of hydrogen-bond donors (Lipinski definition) is 1. The monoisotopic (exact) mass is 404 g/mol. The van der Waals surface area contributed by atoms with Gasteiger partial charge in [-0.3, -0.25) is 4.90 Å². The van der Waals surface area contributed by atoms with E-state index in [1.54, 1.807) is 26.2 Å². The van der Waals surface area contributed by atoms with E-state index in [0.29, 0.717) is 11.3 Å². The van der Waals surface area contributed by atoms with E-state index in [9.17, 15) is 8.42 Å². The number of methoxy groups -OCH3 is 1. The molecule has 1 aliphatic heterocycles. The summed E-state index contributed by atoms with van der Waals surface area (Å²) in [6.45, 7) is 8.26. The Balaban J connectivity index is 1.63. The second kappa shape index (κ2) is 9.05. The molecular weight excluding hydrogens is 376 g/mol. The lowest BCUT2D eigenvalue weighted by Crippen LogP contribution is -2.35. The van der Waals surface area contributed by atoms with Crippen LogP contribution in [0.4, 0.5) is 0 Å². The molecule has 0 amide bonds. The number of benzene rings is 2. The Hall–Kier alpha value is -1.93. The minimum atomic E-state index is -3.60. The first-order valence-corrected chi connectivity index (χ1v) is 10.9. The van der Waals surface area contributed by atoms with Crippen molar-refractivity contribution in [2.75, 3.05) is 33.4 Å². The summed E-state index contributed by atoms with van der Waals surface area (Å²) in [7, 11) is -2.02. The SMILES string of the molecule is COc1ccc(S(=O)(=O)NCc2ccc(CN3CCOCC3)cc2)c(C)c1C. The standard InChI is InChI=1S/C21H28N2O4S/c1-16-17(2)21(9-8-20(16)26-3)28(24,25)22-14-18-4-6-19(7-5-18)15-23-10-12-27-13-11-23/h4-9,22H,10-15H2,1-3H3. The van der Waals surface area contributed by atoms with Crippen molar-refractivity contribution >= 4 is 10.0 Å². The number of ether oxygens (including phenoxy) is 2. The molecule has 6 nitrogen and oxygen atoms in total. The molecule has 2 aromatic carbocycles. The Bertz CT molecular complexity index is 905. The summed E-state index contributed by atoms with van der Waals surface area (Å²) >= 11 is 0. The maximum Gasteiger partial charge on any atom is 0.241 e. The average Bonchev–Trinajstić information content (AvgIpc) is 2.70. The van der Waals surface area contributed by atoms with Crippen LogP contribution in [0.15, 0.2) is 41.3 Å². The highest BCUT2D eigenvalue weighted by Gasteiger charge is 2.19. The van der Waals surface area contributed by atoms with Crippen LogP contribution in [0.2, 0.25) is 0 Å². The molecule has 1 saturated heterocycles. The zero-order valence-corrected chi connectivity index (χ0v) is 17.5. The number of nitrogens with one attached hydrogen (secondary N) is 1. The van der Waals surface area contributed by atoms with Gasteiger partial charge in [-0.25, -0.2) is 13.1 Å². The summed E-state index contributed by atoms with van der Waals surface area (Å²) in [5, 5.41) is 0. The quantitative estimate of drug-likeness (QED) is 0.768. The summed E-state index contributed by atoms with van der Waals surface area (Å²) in [5.74, 6) is 0.687. The van der Waals surface area contributed by atoms with Crippen molar-refractivity contribution in [2.45, 2.75) is 31.8 Å². The van der Waals surface area contributed by atoms with E-state index in [4.69, 9.17) is 9.47 Å². The first-order valence-electron chi connectivity index (χ1n) is 9.42. The molecule has 2 aromatic rings. The van der Waals surface area contributed by atoms with Gasteiger partial charge in [-0.15, -0.1) is 0 Å². The third kappa shape index (κ3) is 4.91. The highest BCUT2D eigenvalue weighted by molar-refractivity contribution is 7.89. The van der Waals surface area contributed by atoms with Gasteiger partial charge in [0.25, 0.3) is 0 Å². The van der Waals surface area contributed by atoms with Crippen molar-refractivity contribution in [3.8, 4) is 5.75 Å². The summed E-state index contributed by atoms with van der Waals surface area (Å²) in [4.78, 5) is 2.64. The maximum absolute atomic E-state index is 12.7. The highest BCUT2D eigenvalue weighted by atomic mass is 32.2. The molecule has 0 saturated carbocycles. The number of rotatable bonds is 7. The van der Waals surface area contributed by atoms with Crippen LogP contribution < -0.4 is 9.46 Å². The molecule has 0 unspecified atom stereocenters. The first kappa shape index (κ1) is 20.8. The topological polar surface area (TPSA) is 67.9 Å². The molecule has 28 heavy (non-hydrogen) atoms. The fourth-order valence-electron chi connectivity index (χ4n) is 3.32. The van der Waals surface area contributed by atoms with Crippen LogP contribution in [-0.2, 0) is 27.8 Å². The third-order valence-corrected chi connectivity index (χ3v) is 6.74. The van der Waals surface area contributed by atoms with Gasteiger partial charge in [0.05, 0.1) is 25.2 Å². The van der Waals surface area contributed by atoms with E-state index in [-0.39, 0.29) is 11.4 Å². The van der Waals surface area contributed by atoms with Crippen LogP contribution in [0.1, 0.15) is 22.3 Å². The van der Waals surface area contributed by atoms with Gasteiger partial charge in [0.1, 0.15) is 5.75 Å². The number of sulfonamides is 1. The molecule has 3 rings (SSSR count). The predicted octanol–water partition coefficient (Wildman–Crippen LogP) is 2.62. The van der Waals surface area contributed by atoms with Gasteiger partial charge < -0.3 is 9.47 Å². The van der Waals surface area contributed by atoms with Crippen molar-refractivity contribution in [3.05, 3.63) is 58.7 Å². The normalized spacial score (nSPS) is 15.5. The van der Waals surface area contributed by atoms with Gasteiger partial charge >= 0.3 is 0 Å². The molecule has 1 N–H and O–H groups in total. The number of hydrogen-bond acceptors (Lipinski definition) is 5. The van der Waals surface area contributed by atoms with Crippen LogP contribution in [0.5, 0.6) is 5.75 Å². The second-order valence-corrected chi connectivity index (χ2v) is 8.78. The van der Waals surface area contributed by atoms with Gasteiger partial charge in [0.15, 0.2) is 0 Å². The summed E-state index contributed by atoms with van der Waals surface area (Å²) in [5.41, 5.74) is 3.68. The molecule has 0 aliphatic carbocycles. The van der Waals surface area contributed by atoms with Crippen LogP contribution >= 0.6 is 0 Å². The Morgan fingerprint density at radius 3 is 2.29 bits per heavy atom. The zero-order chi connectivity index (χ0) is 20.1. The van der Waals surface area contributed by atoms with Crippen LogP contribution in [-0.4, -0.2) is 46.7 Å². The molecule has 0 spiro atoms. The fourth-order valence-corrected chi connectivity index (χ4v) is 4.63. The van der Waals surface area contributed by atoms with Crippen LogP contribution in [0.3, 0.4) is 0 Å². The Labute approximate surface area is 167 Å². The van der Waals surface area contributed by atoms with E-state index in [1.165, 1.54) is 5.56 Å². The molecule has 1 aliphatic rings. The Kier molecular flexibility index (Phi) is 6.72. The minimum absolute atomic E-state index is 0.255. The molecule has 0 bridgehead atoms. The van der Waals surface area contributed by atoms with E-state index < -0.39 is 10.0 Å². The maximum atomic E-state index is 12.7. The van der Waals surface area contributed by atoms with Gasteiger partial charge in [-0.2, -0.15) is 0 Å². The lowest BCUT2D eigenvalue weighted by molar-refractivity contribution is 0.0342. The summed E-state index contributed by atoms with van der Waals surface area (Å²) in [6, 6.07) is 11.4. The summed E-state index contributed by atoms with van der Waals surface area (Å²) in [6.07, 6.45) is 0. The largest absolute Gasteiger partial charge is 0.496 e. The van der Waals surface area contributed by atoms with Gasteiger partial charge in [-0.05, 0) is 48.2 Å². The van der Waals surface area contributed by atoms with E-state index in [0.717, 1.165) is 44.0 Å². The molecule has 0 radical (unpaired) electrons. The lowest BCUT2D eigenvalue weighted by atomic mass is 10.1. The molecule has 1 heterocycles. The van der Waals surface area contributed by atoms with E-state index in [1.807, 2.05) is 19.1 Å². The molecule has 0 atom stereocenters. The molecular formula is C21H28N2O4S. The van der Waals surface area contributed by atoms with Gasteiger partial charge in [-0.1, -0.05) is 24.3 Å². The zero-order valence-electron chi connectivity index (χ0n) is 16.7. The van der Waals surface area contributed by atoms with Crippen LogP contribution in [0, 0.1) is 13.8 Å². The van der Waals surface area contributed by atoms with Crippen molar-refractivity contribution in [1.29, 1.82) is 0 Å². The highest BCUT2D eigenvalue weighted by Crippen LogP contribution is 2.26. The summed E-state index contributed by atoms with van der Waals surface area (Å²) < 4.78 is 38.8. The minimum Gasteiger partial charge on any atom is -0.496 e. The number of morpholine rings is 1. The van der Waals surface area contributed by atoms with Gasteiger partial charge in [0, 0.05) is 26.2 Å². The molecule has 1 fully saturated rings. The third-order valence-electron chi connectivity index (χ3n) is 5.20. The molecule has 7 heteroatoms. The van der Waals surface area contributed by atoms with Crippen LogP contribution in [0.25, 0.3) is 0 Å². The predicted molar refractivity (Wildman–Crippen MR) is 109 cm³/mol. The smallest absolute Gasteiger partial charge is 0.241 e. The van der Waals surface area contributed by atoms with Crippen molar-refractivity contribution in [1.82, 2.24) is 9.62 Å². The average molecular weight is 405 g/mol. The van der Waals surface area contributed by atoms with Crippen molar-refractivity contribution in [3.63, 3.8) is 0 Å². The van der Waals surface area contributed by atoms with E-state index in [2.05, 4.69) is 21.8 Å². The van der Waals surface area contributed by atoms with Crippen molar-refractivity contribution in [2.24, 2.45) is 0 Å². The van der Waals surface area contributed by atoms with E-state index >= 15 is 0 Å². The van der Waals surface area contributed by atoms with Crippen molar-refractivity contribution < 1.29 is 17.9 Å². The Morgan fingerprint density at radius 1 is 1.00 bits per heavy atom.